The number of amides is 2. The molecule has 0 unspecified atom stereocenters. The van der Waals surface area contributed by atoms with Crippen LogP contribution in [0.2, 0.25) is 0 Å². The number of hydrogen-bond donors (Lipinski definition) is 2. The minimum atomic E-state index is -0.503. The molecule has 3 N–H and O–H groups in total. The van der Waals surface area contributed by atoms with Gasteiger partial charge in [0.15, 0.2) is 0 Å². The van der Waals surface area contributed by atoms with Crippen molar-refractivity contribution in [1.29, 1.82) is 5.26 Å². The number of thiophene rings is 1. The van der Waals surface area contributed by atoms with Crippen LogP contribution in [0.5, 0.6) is 0 Å². The smallest absolute Gasteiger partial charge is 0.251 e. The summed E-state index contributed by atoms with van der Waals surface area (Å²) in [5.74, 6) is -0.670. The number of thioether (sulfide) groups is 1. The number of carbonyl (C=O) groups excluding carboxylic acids is 2. The number of benzene rings is 1. The summed E-state index contributed by atoms with van der Waals surface area (Å²) in [4.78, 5) is 30.4. The number of pyridine rings is 1. The lowest BCUT2D eigenvalue weighted by Gasteiger charge is -2.11. The third-order valence-electron chi connectivity index (χ3n) is 5.38. The Morgan fingerprint density at radius 1 is 1.29 bits per heavy atom. The number of nitrogens with one attached hydrogen (secondary N) is 1. The number of carbonyl (C=O) groups is 2. The molecule has 0 aliphatic heterocycles. The number of nitrogens with two attached hydrogens (primary N) is 1. The molecular weight excluding hydrogens is 428 g/mol. The highest BCUT2D eigenvalue weighted by Gasteiger charge is 2.25. The van der Waals surface area contributed by atoms with E-state index in [0.29, 0.717) is 21.2 Å². The molecule has 0 saturated carbocycles. The number of anilines is 1. The second-order valence-electron chi connectivity index (χ2n) is 7.45. The Morgan fingerprint density at radius 2 is 2.10 bits per heavy atom. The lowest BCUT2D eigenvalue weighted by Crippen LogP contribution is -2.19. The summed E-state index contributed by atoms with van der Waals surface area (Å²) in [6.07, 6.45) is 4.75. The molecule has 0 radical (unpaired) electrons. The largest absolute Gasteiger partial charge is 0.365 e. The summed E-state index contributed by atoms with van der Waals surface area (Å²) >= 11 is 2.66. The van der Waals surface area contributed by atoms with Gasteiger partial charge in [-0.05, 0) is 61.4 Å². The van der Waals surface area contributed by atoms with Gasteiger partial charge in [0.1, 0.15) is 16.1 Å². The van der Waals surface area contributed by atoms with E-state index < -0.39 is 5.91 Å². The summed E-state index contributed by atoms with van der Waals surface area (Å²) in [5, 5.41) is 14.4. The standard InChI is InChI=1S/C23H22N4O2S2/c1-2-13-7-8-17-14(9-13)10-15(11-24)22(26-17)30-12-19(28)27-23-20(21(25)29)16-5-3-4-6-18(16)31-23/h7-10H,2-6,12H2,1H3,(H2,25,29)(H,27,28). The Hall–Kier alpha value is -2.89. The van der Waals surface area contributed by atoms with Crippen molar-refractivity contribution < 1.29 is 9.59 Å². The molecule has 1 aliphatic rings. The maximum atomic E-state index is 12.6. The van der Waals surface area contributed by atoms with Gasteiger partial charge in [0.2, 0.25) is 5.91 Å². The first-order valence-electron chi connectivity index (χ1n) is 10.2. The summed E-state index contributed by atoms with van der Waals surface area (Å²) in [6, 6.07) is 10.00. The molecule has 0 spiro atoms. The number of rotatable bonds is 6. The van der Waals surface area contributed by atoms with Crippen LogP contribution in [-0.4, -0.2) is 22.6 Å². The van der Waals surface area contributed by atoms with Crippen molar-refractivity contribution in [2.45, 2.75) is 44.1 Å². The zero-order chi connectivity index (χ0) is 22.0. The van der Waals surface area contributed by atoms with E-state index in [0.717, 1.165) is 53.4 Å². The SMILES string of the molecule is CCc1ccc2nc(SCC(=O)Nc3sc4c(c3C(N)=O)CCCC4)c(C#N)cc2c1. The molecule has 0 bridgehead atoms. The molecule has 6 nitrogen and oxygen atoms in total. The van der Waals surface area contributed by atoms with Gasteiger partial charge in [-0.3, -0.25) is 9.59 Å². The van der Waals surface area contributed by atoms with Crippen LogP contribution in [-0.2, 0) is 24.1 Å². The summed E-state index contributed by atoms with van der Waals surface area (Å²) in [7, 11) is 0. The van der Waals surface area contributed by atoms with Crippen molar-refractivity contribution in [2.75, 3.05) is 11.1 Å². The normalized spacial score (nSPS) is 12.9. The molecule has 1 aromatic carbocycles. The van der Waals surface area contributed by atoms with E-state index in [1.54, 1.807) is 0 Å². The summed E-state index contributed by atoms with van der Waals surface area (Å²) in [5.41, 5.74) is 9.46. The molecule has 4 rings (SSSR count). The van der Waals surface area contributed by atoms with E-state index in [2.05, 4.69) is 23.3 Å². The molecule has 0 saturated heterocycles. The minimum Gasteiger partial charge on any atom is -0.365 e. The van der Waals surface area contributed by atoms with Gasteiger partial charge in [-0.1, -0.05) is 24.8 Å². The Labute approximate surface area is 188 Å². The molecule has 0 fully saturated rings. The topological polar surface area (TPSA) is 109 Å². The van der Waals surface area contributed by atoms with Crippen molar-refractivity contribution >= 4 is 50.8 Å². The molecule has 158 valence electrons. The molecule has 1 aliphatic carbocycles. The summed E-state index contributed by atoms with van der Waals surface area (Å²) in [6.45, 7) is 2.08. The van der Waals surface area contributed by atoms with Crippen molar-refractivity contribution in [2.24, 2.45) is 5.73 Å². The number of aryl methyl sites for hydroxylation is 2. The second-order valence-corrected chi connectivity index (χ2v) is 9.52. The first-order chi connectivity index (χ1) is 15.0. The van der Waals surface area contributed by atoms with Gasteiger partial charge in [-0.15, -0.1) is 11.3 Å². The molecule has 3 aromatic rings. The van der Waals surface area contributed by atoms with Crippen LogP contribution in [0.15, 0.2) is 29.3 Å². The third kappa shape index (κ3) is 4.43. The maximum absolute atomic E-state index is 12.6. The highest BCUT2D eigenvalue weighted by Crippen LogP contribution is 2.38. The monoisotopic (exact) mass is 450 g/mol. The van der Waals surface area contributed by atoms with Gasteiger partial charge in [0, 0.05) is 10.3 Å². The van der Waals surface area contributed by atoms with Gasteiger partial charge in [0.25, 0.3) is 5.91 Å². The van der Waals surface area contributed by atoms with Crippen LogP contribution in [0.1, 0.15) is 51.7 Å². The zero-order valence-electron chi connectivity index (χ0n) is 17.2. The molecule has 2 heterocycles. The molecule has 31 heavy (non-hydrogen) atoms. The number of nitriles is 1. The van der Waals surface area contributed by atoms with Crippen LogP contribution >= 0.6 is 23.1 Å². The Balaban J connectivity index is 1.52. The van der Waals surface area contributed by atoms with E-state index in [4.69, 9.17) is 5.73 Å². The van der Waals surface area contributed by atoms with E-state index in [1.807, 2.05) is 24.3 Å². The average molecular weight is 451 g/mol. The molecule has 2 amide bonds. The van der Waals surface area contributed by atoms with Crippen LogP contribution < -0.4 is 11.1 Å². The fourth-order valence-corrected chi connectivity index (χ4v) is 5.90. The van der Waals surface area contributed by atoms with E-state index >= 15 is 0 Å². The van der Waals surface area contributed by atoms with Crippen molar-refractivity contribution in [1.82, 2.24) is 4.98 Å². The van der Waals surface area contributed by atoms with Crippen molar-refractivity contribution in [3.8, 4) is 6.07 Å². The van der Waals surface area contributed by atoms with Crippen LogP contribution in [0.25, 0.3) is 10.9 Å². The first kappa shape index (κ1) is 21.3. The van der Waals surface area contributed by atoms with E-state index in [9.17, 15) is 14.9 Å². The number of fused-ring (bicyclic) bond motifs is 2. The van der Waals surface area contributed by atoms with Crippen LogP contribution in [0.3, 0.4) is 0 Å². The van der Waals surface area contributed by atoms with Gasteiger partial charge < -0.3 is 11.1 Å². The molecule has 8 heteroatoms. The Morgan fingerprint density at radius 3 is 2.84 bits per heavy atom. The maximum Gasteiger partial charge on any atom is 0.251 e. The van der Waals surface area contributed by atoms with Crippen molar-refractivity contribution in [3.63, 3.8) is 0 Å². The number of primary amides is 1. The number of hydrogen-bond acceptors (Lipinski definition) is 6. The summed E-state index contributed by atoms with van der Waals surface area (Å²) < 4.78 is 0. The fraction of sp³-hybridized carbons (Fsp3) is 0.304. The van der Waals surface area contributed by atoms with Gasteiger partial charge in [-0.2, -0.15) is 5.26 Å². The first-order valence-corrected chi connectivity index (χ1v) is 12.0. The molecule has 2 aromatic heterocycles. The Kier molecular flexibility index (Phi) is 6.25. The Bertz CT molecular complexity index is 1230. The van der Waals surface area contributed by atoms with Gasteiger partial charge in [-0.25, -0.2) is 4.98 Å². The molecule has 0 atom stereocenters. The predicted octanol–water partition coefficient (Wildman–Crippen LogP) is 4.44. The minimum absolute atomic E-state index is 0.0843. The van der Waals surface area contributed by atoms with E-state index in [-0.39, 0.29) is 11.7 Å². The number of nitrogens with zero attached hydrogens (tertiary/aromatic N) is 2. The van der Waals surface area contributed by atoms with E-state index in [1.165, 1.54) is 28.7 Å². The quantitative estimate of drug-likeness (QED) is 0.540. The third-order valence-corrected chi connectivity index (χ3v) is 7.58. The second kappa shape index (κ2) is 9.08. The zero-order valence-corrected chi connectivity index (χ0v) is 18.8. The lowest BCUT2D eigenvalue weighted by atomic mass is 9.95. The van der Waals surface area contributed by atoms with Gasteiger partial charge in [0.05, 0.1) is 22.4 Å². The average Bonchev–Trinajstić information content (AvgIpc) is 3.14. The van der Waals surface area contributed by atoms with Crippen LogP contribution in [0.4, 0.5) is 5.00 Å². The highest BCUT2D eigenvalue weighted by atomic mass is 32.2. The predicted molar refractivity (Wildman–Crippen MR) is 125 cm³/mol. The van der Waals surface area contributed by atoms with Crippen LogP contribution in [0, 0.1) is 11.3 Å². The highest BCUT2D eigenvalue weighted by molar-refractivity contribution is 8.00. The number of aromatic nitrogens is 1. The van der Waals surface area contributed by atoms with Crippen molar-refractivity contribution in [3.05, 3.63) is 51.4 Å². The van der Waals surface area contributed by atoms with Gasteiger partial charge >= 0.3 is 0 Å². The fourth-order valence-electron chi connectivity index (χ4n) is 3.83. The molecular formula is C23H22N4O2S2. The lowest BCUT2D eigenvalue weighted by molar-refractivity contribution is -0.113.